The van der Waals surface area contributed by atoms with E-state index in [1.54, 1.807) is 11.0 Å². The van der Waals surface area contributed by atoms with E-state index in [1.165, 1.54) is 24.9 Å². The lowest BCUT2D eigenvalue weighted by molar-refractivity contribution is -0.153. The highest BCUT2D eigenvalue weighted by Crippen LogP contribution is 2.41. The number of hydrogen-bond donors (Lipinski definition) is 0. The first kappa shape index (κ1) is 22.7. The molecule has 3 rings (SSSR count). The molecule has 3 heterocycles. The van der Waals surface area contributed by atoms with E-state index in [1.807, 2.05) is 13.8 Å². The number of aromatic nitrogens is 1. The summed E-state index contributed by atoms with van der Waals surface area (Å²) in [6.45, 7) is 6.66. The molecule has 0 N–H and O–H groups in total. The largest absolute Gasteiger partial charge is 0.463 e. The van der Waals surface area contributed by atoms with Gasteiger partial charge in [0.15, 0.2) is 0 Å². The summed E-state index contributed by atoms with van der Waals surface area (Å²) < 4.78 is 11.4. The molecule has 0 saturated carbocycles. The molecule has 2 aliphatic heterocycles. The molecule has 0 bridgehead atoms. The zero-order valence-corrected chi connectivity index (χ0v) is 18.6. The van der Waals surface area contributed by atoms with E-state index in [0.29, 0.717) is 28.7 Å². The maximum atomic E-state index is 12.8. The number of ether oxygens (including phenoxy) is 2. The maximum absolute atomic E-state index is 12.8. The first-order valence-electron chi connectivity index (χ1n) is 9.76. The molecule has 1 aromatic rings. The fourth-order valence-corrected chi connectivity index (χ4v) is 5.03. The van der Waals surface area contributed by atoms with Crippen molar-refractivity contribution in [3.05, 3.63) is 33.4 Å². The topological polar surface area (TPSA) is 117 Å². The van der Waals surface area contributed by atoms with E-state index in [2.05, 4.69) is 15.0 Å². The molecule has 11 heteroatoms. The van der Waals surface area contributed by atoms with Gasteiger partial charge in [0.2, 0.25) is 0 Å². The number of nitrogens with zero attached hydrogens (tertiary/aromatic N) is 5. The summed E-state index contributed by atoms with van der Waals surface area (Å²) in [5.74, 6) is -0.845. The lowest BCUT2D eigenvalue weighted by atomic mass is 9.85. The third kappa shape index (κ3) is 5.00. The first-order chi connectivity index (χ1) is 14.3. The minimum atomic E-state index is -0.445. The van der Waals surface area contributed by atoms with Crippen LogP contribution in [0, 0.1) is 11.8 Å². The van der Waals surface area contributed by atoms with Gasteiger partial charge in [-0.1, -0.05) is 42.3 Å². The van der Waals surface area contributed by atoms with E-state index >= 15 is 0 Å². The van der Waals surface area contributed by atoms with Crippen LogP contribution in [-0.4, -0.2) is 59.0 Å². The van der Waals surface area contributed by atoms with E-state index in [4.69, 9.17) is 26.6 Å². The van der Waals surface area contributed by atoms with Gasteiger partial charge in [-0.3, -0.25) is 9.59 Å². The Morgan fingerprint density at radius 1 is 1.43 bits per heavy atom. The van der Waals surface area contributed by atoms with Gasteiger partial charge in [-0.15, -0.1) is 0 Å². The highest BCUT2D eigenvalue weighted by molar-refractivity contribution is 7.99. The summed E-state index contributed by atoms with van der Waals surface area (Å²) in [4.78, 5) is 33.7. The van der Waals surface area contributed by atoms with Gasteiger partial charge < -0.3 is 14.4 Å². The van der Waals surface area contributed by atoms with Gasteiger partial charge in [0, 0.05) is 48.0 Å². The van der Waals surface area contributed by atoms with E-state index < -0.39 is 17.5 Å². The Kier molecular flexibility index (Phi) is 7.46. The number of carbonyl (C=O) groups excluding carboxylic acids is 2. The van der Waals surface area contributed by atoms with Gasteiger partial charge in [-0.05, 0) is 23.9 Å². The van der Waals surface area contributed by atoms with Crippen molar-refractivity contribution in [3.8, 4) is 0 Å². The Morgan fingerprint density at radius 2 is 2.17 bits per heavy atom. The van der Waals surface area contributed by atoms with Crippen molar-refractivity contribution in [3.63, 3.8) is 0 Å². The van der Waals surface area contributed by atoms with E-state index in [0.717, 1.165) is 6.42 Å². The molecule has 1 amide bonds. The number of azide groups is 1. The number of carbonyl (C=O) groups is 2. The molecule has 0 spiro atoms. The Morgan fingerprint density at radius 3 is 2.77 bits per heavy atom. The summed E-state index contributed by atoms with van der Waals surface area (Å²) in [5, 5.41) is 4.38. The summed E-state index contributed by atoms with van der Waals surface area (Å²) in [7, 11) is 0. The van der Waals surface area contributed by atoms with Crippen LogP contribution in [0.25, 0.3) is 10.4 Å². The van der Waals surface area contributed by atoms with Gasteiger partial charge in [-0.2, -0.15) is 0 Å². The Hall–Kier alpha value is -2.00. The third-order valence-corrected chi connectivity index (χ3v) is 6.99. The minimum Gasteiger partial charge on any atom is -0.463 e. The number of amides is 1. The summed E-state index contributed by atoms with van der Waals surface area (Å²) in [5.41, 5.74) is 8.92. The maximum Gasteiger partial charge on any atom is 0.302 e. The molecular formula is C19H24ClN5O4S. The zero-order chi connectivity index (χ0) is 21.8. The van der Waals surface area contributed by atoms with Crippen LogP contribution in [0.3, 0.4) is 0 Å². The molecule has 2 saturated heterocycles. The average Bonchev–Trinajstić information content (AvgIpc) is 2.65. The van der Waals surface area contributed by atoms with Crippen molar-refractivity contribution in [2.45, 2.75) is 49.7 Å². The van der Waals surface area contributed by atoms with Crippen molar-refractivity contribution >= 4 is 35.2 Å². The molecule has 2 unspecified atom stereocenters. The molecule has 162 valence electrons. The number of halogens is 1. The van der Waals surface area contributed by atoms with Crippen LogP contribution in [0.15, 0.2) is 22.3 Å². The van der Waals surface area contributed by atoms with Crippen molar-refractivity contribution in [1.82, 2.24) is 9.88 Å². The van der Waals surface area contributed by atoms with Crippen LogP contribution in [0.5, 0.6) is 0 Å². The molecule has 5 atom stereocenters. The van der Waals surface area contributed by atoms with Gasteiger partial charge in [0.05, 0.1) is 11.1 Å². The average molecular weight is 454 g/mol. The lowest BCUT2D eigenvalue weighted by Crippen LogP contribution is -2.48. The van der Waals surface area contributed by atoms with Crippen LogP contribution in [0.2, 0.25) is 5.02 Å². The molecule has 30 heavy (non-hydrogen) atoms. The number of hydrogen-bond acceptors (Lipinski definition) is 7. The molecule has 0 aliphatic carbocycles. The number of rotatable bonds is 6. The minimum absolute atomic E-state index is 0.0606. The number of thioether (sulfide) groups is 1. The van der Waals surface area contributed by atoms with Crippen LogP contribution >= 0.6 is 23.4 Å². The quantitative estimate of drug-likeness (QED) is 0.279. The molecule has 0 aromatic carbocycles. The normalized spacial score (nSPS) is 28.3. The van der Waals surface area contributed by atoms with Gasteiger partial charge in [-0.25, -0.2) is 4.98 Å². The van der Waals surface area contributed by atoms with Crippen molar-refractivity contribution in [2.75, 3.05) is 19.7 Å². The Labute approximate surface area is 184 Å². The second-order valence-corrected chi connectivity index (χ2v) is 9.10. The molecular weight excluding hydrogens is 430 g/mol. The zero-order valence-electron chi connectivity index (χ0n) is 17.0. The number of esters is 1. The monoisotopic (exact) mass is 453 g/mol. The second-order valence-electron chi connectivity index (χ2n) is 7.52. The van der Waals surface area contributed by atoms with Gasteiger partial charge in [0.25, 0.3) is 5.91 Å². The summed E-state index contributed by atoms with van der Waals surface area (Å²) in [6, 6.07) is 1.34. The highest BCUT2D eigenvalue weighted by Gasteiger charge is 2.42. The summed E-state index contributed by atoms with van der Waals surface area (Å²) in [6.07, 6.45) is 1.99. The number of likely N-dealkylation sites (tertiary alicyclic amines) is 1. The predicted molar refractivity (Wildman–Crippen MR) is 112 cm³/mol. The molecule has 9 nitrogen and oxygen atoms in total. The fraction of sp³-hybridized carbons (Fsp3) is 0.632. The standard InChI is InChI=1S/C19H24ClN5O4S/c1-10-14(9-28-12(3)26)29-19(11(2)16(10)23-24-21)30-15-7-13(20)8-22-17(15)18(27)25-5-4-6-25/h7-8,10-11,14,16,19H,4-6,9H2,1-3H3/t10-,11?,14?,16-,19+/m0/s1. The molecule has 2 fully saturated rings. The molecule has 2 aliphatic rings. The van der Waals surface area contributed by atoms with Crippen LogP contribution in [-0.2, 0) is 14.3 Å². The second kappa shape index (κ2) is 9.87. The smallest absolute Gasteiger partial charge is 0.302 e. The Bertz CT molecular complexity index is 861. The van der Waals surface area contributed by atoms with Crippen molar-refractivity contribution in [2.24, 2.45) is 17.0 Å². The molecule has 1 aromatic heterocycles. The summed E-state index contributed by atoms with van der Waals surface area (Å²) >= 11 is 7.48. The SMILES string of the molecule is CC(=O)OCC1O[C@H](Sc2cc(Cl)cnc2C(=O)N2CCC2)C(C)[C@@H](N=[N+]=[N-])[C@H]1C. The molecule has 0 radical (unpaired) electrons. The lowest BCUT2D eigenvalue weighted by Gasteiger charge is -2.42. The van der Waals surface area contributed by atoms with Crippen LogP contribution in [0.4, 0.5) is 0 Å². The fourth-order valence-electron chi connectivity index (χ4n) is 3.54. The van der Waals surface area contributed by atoms with Crippen molar-refractivity contribution in [1.29, 1.82) is 0 Å². The van der Waals surface area contributed by atoms with Crippen LogP contribution < -0.4 is 0 Å². The number of pyridine rings is 1. The predicted octanol–water partition coefficient (Wildman–Crippen LogP) is 3.91. The highest BCUT2D eigenvalue weighted by atomic mass is 35.5. The van der Waals surface area contributed by atoms with Gasteiger partial charge in [0.1, 0.15) is 17.7 Å². The van der Waals surface area contributed by atoms with E-state index in [9.17, 15) is 9.59 Å². The van der Waals surface area contributed by atoms with Crippen molar-refractivity contribution < 1.29 is 19.1 Å². The third-order valence-electron chi connectivity index (χ3n) is 5.45. The Balaban J connectivity index is 1.86. The van der Waals surface area contributed by atoms with E-state index in [-0.39, 0.29) is 30.4 Å². The van der Waals surface area contributed by atoms with Gasteiger partial charge >= 0.3 is 5.97 Å². The van der Waals surface area contributed by atoms with Crippen LogP contribution in [0.1, 0.15) is 37.7 Å². The first-order valence-corrected chi connectivity index (χ1v) is 11.0.